The highest BCUT2D eigenvalue weighted by atomic mass is 16.5. The molecule has 92 valence electrons. The average Bonchev–Trinajstić information content (AvgIpc) is 2.79. The van der Waals surface area contributed by atoms with Crippen molar-refractivity contribution in [2.75, 3.05) is 5.73 Å². The van der Waals surface area contributed by atoms with Gasteiger partial charge < -0.3 is 10.5 Å². The van der Waals surface area contributed by atoms with Gasteiger partial charge in [-0.1, -0.05) is 0 Å². The van der Waals surface area contributed by atoms with Crippen LogP contribution >= 0.6 is 0 Å². The zero-order chi connectivity index (χ0) is 13.1. The molecule has 0 saturated heterocycles. The summed E-state index contributed by atoms with van der Waals surface area (Å²) in [6.07, 6.45) is 3.18. The Morgan fingerprint density at radius 2 is 2.22 bits per heavy atom. The Morgan fingerprint density at radius 1 is 1.44 bits per heavy atom. The SMILES string of the molecule is CC(C)Oc1nc(-n2ccnc2C#N)ccc1N. The summed E-state index contributed by atoms with van der Waals surface area (Å²) in [7, 11) is 0. The van der Waals surface area contributed by atoms with E-state index in [4.69, 9.17) is 15.7 Å². The van der Waals surface area contributed by atoms with Crippen LogP contribution in [0.3, 0.4) is 0 Å². The van der Waals surface area contributed by atoms with E-state index in [1.807, 2.05) is 19.9 Å². The smallest absolute Gasteiger partial charge is 0.239 e. The third kappa shape index (κ3) is 2.25. The standard InChI is InChI=1S/C12H13N5O/c1-8(2)18-12-9(14)3-4-10(16-12)17-6-5-15-11(17)7-13/h3-6,8H,14H2,1-2H3. The molecule has 2 aromatic heterocycles. The Bertz CT molecular complexity index is 597. The van der Waals surface area contributed by atoms with Crippen LogP contribution in [0.25, 0.3) is 5.82 Å². The third-order valence-corrected chi connectivity index (χ3v) is 2.21. The average molecular weight is 243 g/mol. The minimum atomic E-state index is -0.0201. The van der Waals surface area contributed by atoms with Gasteiger partial charge in [-0.2, -0.15) is 10.2 Å². The first-order valence-electron chi connectivity index (χ1n) is 5.49. The normalized spacial score (nSPS) is 10.3. The number of ether oxygens (including phenoxy) is 1. The van der Waals surface area contributed by atoms with Crippen LogP contribution in [0.2, 0.25) is 0 Å². The minimum absolute atomic E-state index is 0.0201. The zero-order valence-corrected chi connectivity index (χ0v) is 10.2. The Labute approximate surface area is 105 Å². The number of anilines is 1. The lowest BCUT2D eigenvalue weighted by atomic mass is 10.4. The van der Waals surface area contributed by atoms with Gasteiger partial charge in [-0.25, -0.2) is 4.98 Å². The lowest BCUT2D eigenvalue weighted by Crippen LogP contribution is -2.10. The third-order valence-electron chi connectivity index (χ3n) is 2.21. The second kappa shape index (κ2) is 4.75. The molecule has 6 heteroatoms. The summed E-state index contributed by atoms with van der Waals surface area (Å²) in [6, 6.07) is 5.40. The Morgan fingerprint density at radius 3 is 2.89 bits per heavy atom. The van der Waals surface area contributed by atoms with Crippen LogP contribution in [-0.2, 0) is 0 Å². The molecule has 6 nitrogen and oxygen atoms in total. The minimum Gasteiger partial charge on any atom is -0.473 e. The molecule has 0 aliphatic heterocycles. The number of pyridine rings is 1. The van der Waals surface area contributed by atoms with Gasteiger partial charge in [0, 0.05) is 12.4 Å². The van der Waals surface area contributed by atoms with Gasteiger partial charge in [0.05, 0.1) is 11.8 Å². The molecule has 0 atom stereocenters. The van der Waals surface area contributed by atoms with Crippen LogP contribution in [0.5, 0.6) is 5.88 Å². The summed E-state index contributed by atoms with van der Waals surface area (Å²) in [5.41, 5.74) is 6.25. The van der Waals surface area contributed by atoms with E-state index in [1.165, 1.54) is 0 Å². The van der Waals surface area contributed by atoms with Crippen molar-refractivity contribution in [2.45, 2.75) is 20.0 Å². The van der Waals surface area contributed by atoms with E-state index in [2.05, 4.69) is 9.97 Å². The van der Waals surface area contributed by atoms with E-state index in [9.17, 15) is 0 Å². The van der Waals surface area contributed by atoms with Gasteiger partial charge in [0.25, 0.3) is 0 Å². The molecular formula is C12H13N5O. The number of hydrogen-bond donors (Lipinski definition) is 1. The quantitative estimate of drug-likeness (QED) is 0.882. The van der Waals surface area contributed by atoms with Crippen molar-refractivity contribution in [3.63, 3.8) is 0 Å². The number of nitrogen functional groups attached to an aromatic ring is 1. The maximum atomic E-state index is 8.92. The highest BCUT2D eigenvalue weighted by Gasteiger charge is 2.10. The lowest BCUT2D eigenvalue weighted by Gasteiger charge is -2.12. The number of aromatic nitrogens is 3. The second-order valence-electron chi connectivity index (χ2n) is 3.96. The fourth-order valence-electron chi connectivity index (χ4n) is 1.46. The first-order valence-corrected chi connectivity index (χ1v) is 5.49. The molecular weight excluding hydrogens is 230 g/mol. The topological polar surface area (TPSA) is 89.8 Å². The first-order chi connectivity index (χ1) is 8.61. The van der Waals surface area contributed by atoms with Crippen LogP contribution in [0.4, 0.5) is 5.69 Å². The van der Waals surface area contributed by atoms with Gasteiger partial charge in [0.1, 0.15) is 11.9 Å². The fraction of sp³-hybridized carbons (Fsp3) is 0.250. The number of nitrogens with zero attached hydrogens (tertiary/aromatic N) is 4. The first kappa shape index (κ1) is 11.9. The summed E-state index contributed by atoms with van der Waals surface area (Å²) in [5.74, 6) is 1.18. The monoisotopic (exact) mass is 243 g/mol. The summed E-state index contributed by atoms with van der Waals surface area (Å²) < 4.78 is 7.08. The van der Waals surface area contributed by atoms with Crippen LogP contribution in [-0.4, -0.2) is 20.6 Å². The molecule has 2 aromatic rings. The van der Waals surface area contributed by atoms with Crippen molar-refractivity contribution in [1.82, 2.24) is 14.5 Å². The predicted octanol–water partition coefficient (Wildman–Crippen LogP) is 1.51. The molecule has 0 spiro atoms. The largest absolute Gasteiger partial charge is 0.473 e. The van der Waals surface area contributed by atoms with Crippen LogP contribution in [0.1, 0.15) is 19.7 Å². The van der Waals surface area contributed by atoms with Gasteiger partial charge in [-0.15, -0.1) is 0 Å². The fourth-order valence-corrected chi connectivity index (χ4v) is 1.46. The zero-order valence-electron chi connectivity index (χ0n) is 10.2. The van der Waals surface area contributed by atoms with Gasteiger partial charge in [-0.3, -0.25) is 4.57 Å². The van der Waals surface area contributed by atoms with Gasteiger partial charge >= 0.3 is 0 Å². The molecule has 2 heterocycles. The molecule has 0 aromatic carbocycles. The second-order valence-corrected chi connectivity index (χ2v) is 3.96. The number of rotatable bonds is 3. The molecule has 18 heavy (non-hydrogen) atoms. The highest BCUT2D eigenvalue weighted by Crippen LogP contribution is 2.21. The van der Waals surface area contributed by atoms with Crippen molar-refractivity contribution in [1.29, 1.82) is 5.26 Å². The highest BCUT2D eigenvalue weighted by molar-refractivity contribution is 5.51. The Hall–Kier alpha value is -2.55. The van der Waals surface area contributed by atoms with E-state index in [1.54, 1.807) is 29.1 Å². The maximum absolute atomic E-state index is 8.92. The van der Waals surface area contributed by atoms with Crippen molar-refractivity contribution in [3.05, 3.63) is 30.4 Å². The molecule has 0 saturated carbocycles. The molecule has 0 aliphatic carbocycles. The van der Waals surface area contributed by atoms with Crippen molar-refractivity contribution >= 4 is 5.69 Å². The predicted molar refractivity (Wildman–Crippen MR) is 66.3 cm³/mol. The number of hydrogen-bond acceptors (Lipinski definition) is 5. The lowest BCUT2D eigenvalue weighted by molar-refractivity contribution is 0.234. The Balaban J connectivity index is 2.44. The molecule has 0 aliphatic rings. The van der Waals surface area contributed by atoms with Gasteiger partial charge in [0.15, 0.2) is 0 Å². The molecule has 2 rings (SSSR count). The van der Waals surface area contributed by atoms with Crippen LogP contribution < -0.4 is 10.5 Å². The molecule has 0 amide bonds. The Kier molecular flexibility index (Phi) is 3.15. The van der Waals surface area contributed by atoms with E-state index in [-0.39, 0.29) is 11.9 Å². The van der Waals surface area contributed by atoms with E-state index in [0.717, 1.165) is 0 Å². The van der Waals surface area contributed by atoms with E-state index in [0.29, 0.717) is 17.4 Å². The number of imidazole rings is 1. The van der Waals surface area contributed by atoms with E-state index >= 15 is 0 Å². The number of nitriles is 1. The van der Waals surface area contributed by atoms with Gasteiger partial charge in [-0.05, 0) is 26.0 Å². The maximum Gasteiger partial charge on any atom is 0.239 e. The molecule has 0 unspecified atom stereocenters. The molecule has 0 radical (unpaired) electrons. The van der Waals surface area contributed by atoms with Crippen LogP contribution in [0.15, 0.2) is 24.5 Å². The summed E-state index contributed by atoms with van der Waals surface area (Å²) >= 11 is 0. The summed E-state index contributed by atoms with van der Waals surface area (Å²) in [5, 5.41) is 8.92. The van der Waals surface area contributed by atoms with E-state index < -0.39 is 0 Å². The summed E-state index contributed by atoms with van der Waals surface area (Å²) in [6.45, 7) is 3.79. The number of nitrogens with two attached hydrogens (primary N) is 1. The van der Waals surface area contributed by atoms with Crippen molar-refractivity contribution in [3.8, 4) is 17.8 Å². The molecule has 2 N–H and O–H groups in total. The summed E-state index contributed by atoms with van der Waals surface area (Å²) in [4.78, 5) is 8.20. The molecule has 0 bridgehead atoms. The van der Waals surface area contributed by atoms with Crippen molar-refractivity contribution < 1.29 is 4.74 Å². The molecule has 0 fully saturated rings. The van der Waals surface area contributed by atoms with Crippen molar-refractivity contribution in [2.24, 2.45) is 0 Å². The van der Waals surface area contributed by atoms with Gasteiger partial charge in [0.2, 0.25) is 11.7 Å². The van der Waals surface area contributed by atoms with Crippen LogP contribution in [0, 0.1) is 11.3 Å².